The monoisotopic (exact) mass is 224 g/mol. The first kappa shape index (κ1) is 11.6. The summed E-state index contributed by atoms with van der Waals surface area (Å²) in [5.41, 5.74) is 5.49. The van der Waals surface area contributed by atoms with Gasteiger partial charge in [0.25, 0.3) is 0 Å². The Hall–Kier alpha value is 0.500. The SMILES string of the molecule is NCN(Cl)C1(Cl)CCCCCCC1. The van der Waals surface area contributed by atoms with E-state index in [0.717, 1.165) is 25.7 Å². The van der Waals surface area contributed by atoms with Gasteiger partial charge in [-0.2, -0.15) is 4.42 Å². The second kappa shape index (κ2) is 5.40. The molecule has 2 nitrogen and oxygen atoms in total. The first-order valence-electron chi connectivity index (χ1n) is 5.01. The molecule has 0 saturated heterocycles. The van der Waals surface area contributed by atoms with Gasteiger partial charge in [-0.3, -0.25) is 0 Å². The summed E-state index contributed by atoms with van der Waals surface area (Å²) in [6.45, 7) is 0.324. The highest BCUT2D eigenvalue weighted by Crippen LogP contribution is 2.35. The van der Waals surface area contributed by atoms with Crippen molar-refractivity contribution >= 4 is 23.4 Å². The lowest BCUT2D eigenvalue weighted by Crippen LogP contribution is -2.41. The predicted octanol–water partition coefficient (Wildman–Crippen LogP) is 3.04. The summed E-state index contributed by atoms with van der Waals surface area (Å²) in [5.74, 6) is 0. The van der Waals surface area contributed by atoms with E-state index < -0.39 is 5.00 Å². The van der Waals surface area contributed by atoms with Crippen molar-refractivity contribution in [1.29, 1.82) is 0 Å². The zero-order valence-corrected chi connectivity index (χ0v) is 9.45. The number of rotatable bonds is 2. The third-order valence-electron chi connectivity index (χ3n) is 2.71. The van der Waals surface area contributed by atoms with Gasteiger partial charge in [-0.05, 0) is 24.6 Å². The van der Waals surface area contributed by atoms with E-state index >= 15 is 0 Å². The zero-order chi connectivity index (χ0) is 9.73. The fourth-order valence-electron chi connectivity index (χ4n) is 1.85. The van der Waals surface area contributed by atoms with E-state index in [-0.39, 0.29) is 0 Å². The van der Waals surface area contributed by atoms with Crippen LogP contribution in [-0.4, -0.2) is 16.1 Å². The molecule has 1 fully saturated rings. The molecular weight excluding hydrogens is 207 g/mol. The Morgan fingerprint density at radius 3 is 2.00 bits per heavy atom. The third-order valence-corrected chi connectivity index (χ3v) is 3.84. The largest absolute Gasteiger partial charge is 0.317 e. The molecule has 13 heavy (non-hydrogen) atoms. The van der Waals surface area contributed by atoms with Crippen LogP contribution < -0.4 is 5.73 Å². The van der Waals surface area contributed by atoms with Crippen LogP contribution in [0.3, 0.4) is 0 Å². The summed E-state index contributed by atoms with van der Waals surface area (Å²) < 4.78 is 1.56. The molecule has 0 aromatic rings. The van der Waals surface area contributed by atoms with Gasteiger partial charge in [0, 0.05) is 0 Å². The molecule has 0 amide bonds. The molecule has 0 aromatic carbocycles. The Morgan fingerprint density at radius 1 is 1.08 bits per heavy atom. The number of halogens is 2. The van der Waals surface area contributed by atoms with Crippen molar-refractivity contribution < 1.29 is 0 Å². The Labute approximate surface area is 90.5 Å². The predicted molar refractivity (Wildman–Crippen MR) is 57.6 cm³/mol. The third kappa shape index (κ3) is 3.28. The molecule has 0 spiro atoms. The van der Waals surface area contributed by atoms with Crippen molar-refractivity contribution in [2.75, 3.05) is 6.67 Å². The van der Waals surface area contributed by atoms with Crippen LogP contribution in [0.1, 0.15) is 44.9 Å². The van der Waals surface area contributed by atoms with Crippen LogP contribution >= 0.6 is 23.4 Å². The number of hydrogen-bond acceptors (Lipinski definition) is 2. The Morgan fingerprint density at radius 2 is 1.54 bits per heavy atom. The summed E-state index contributed by atoms with van der Waals surface area (Å²) in [6, 6.07) is 0. The Balaban J connectivity index is 2.51. The molecule has 1 saturated carbocycles. The van der Waals surface area contributed by atoms with Crippen LogP contribution in [-0.2, 0) is 0 Å². The Bertz CT molecular complexity index is 145. The summed E-state index contributed by atoms with van der Waals surface area (Å²) in [7, 11) is 0. The number of nitrogens with two attached hydrogens (primary N) is 1. The van der Waals surface area contributed by atoms with Crippen molar-refractivity contribution in [3.63, 3.8) is 0 Å². The molecule has 0 bridgehead atoms. The number of alkyl halides is 1. The maximum absolute atomic E-state index is 6.42. The minimum atomic E-state index is -0.392. The van der Waals surface area contributed by atoms with E-state index in [0.29, 0.717) is 6.67 Å². The molecule has 0 aliphatic heterocycles. The standard InChI is InChI=1S/C9H18Cl2N2/c10-9(13(11)8-12)6-4-2-1-3-5-7-9/h1-8,12H2. The van der Waals surface area contributed by atoms with Gasteiger partial charge in [0.1, 0.15) is 5.00 Å². The van der Waals surface area contributed by atoms with Crippen molar-refractivity contribution in [3.8, 4) is 0 Å². The highest BCUT2D eigenvalue weighted by atomic mass is 35.5. The van der Waals surface area contributed by atoms with E-state index in [4.69, 9.17) is 29.1 Å². The fraction of sp³-hybridized carbons (Fsp3) is 1.00. The maximum atomic E-state index is 6.42. The van der Waals surface area contributed by atoms with Crippen molar-refractivity contribution in [3.05, 3.63) is 0 Å². The van der Waals surface area contributed by atoms with Gasteiger partial charge in [0.15, 0.2) is 0 Å². The molecule has 0 aromatic heterocycles. The second-order valence-electron chi connectivity index (χ2n) is 3.73. The summed E-state index contributed by atoms with van der Waals surface area (Å²) in [5, 5.41) is 0. The molecule has 0 atom stereocenters. The van der Waals surface area contributed by atoms with Crippen LogP contribution in [0.2, 0.25) is 0 Å². The molecule has 1 rings (SSSR count). The first-order chi connectivity index (χ1) is 6.19. The molecule has 2 N–H and O–H groups in total. The van der Waals surface area contributed by atoms with E-state index in [2.05, 4.69) is 0 Å². The lowest BCUT2D eigenvalue weighted by molar-refractivity contribution is 0.239. The van der Waals surface area contributed by atoms with Gasteiger partial charge in [0.2, 0.25) is 0 Å². The van der Waals surface area contributed by atoms with E-state index in [9.17, 15) is 0 Å². The molecule has 0 unspecified atom stereocenters. The first-order valence-corrected chi connectivity index (χ1v) is 5.73. The van der Waals surface area contributed by atoms with Crippen molar-refractivity contribution in [2.24, 2.45) is 5.73 Å². The highest BCUT2D eigenvalue weighted by Gasteiger charge is 2.32. The van der Waals surface area contributed by atoms with Crippen LogP contribution in [0.25, 0.3) is 0 Å². The average Bonchev–Trinajstić information content (AvgIpc) is 2.10. The average molecular weight is 225 g/mol. The summed E-state index contributed by atoms with van der Waals surface area (Å²) >= 11 is 12.4. The van der Waals surface area contributed by atoms with Crippen LogP contribution in [0.4, 0.5) is 0 Å². The van der Waals surface area contributed by atoms with Crippen molar-refractivity contribution in [2.45, 2.75) is 49.9 Å². The van der Waals surface area contributed by atoms with E-state index in [1.165, 1.54) is 19.3 Å². The topological polar surface area (TPSA) is 29.3 Å². The second-order valence-corrected chi connectivity index (χ2v) is 4.84. The molecule has 0 heterocycles. The molecule has 1 aliphatic rings. The maximum Gasteiger partial charge on any atom is 0.111 e. The van der Waals surface area contributed by atoms with Gasteiger partial charge in [-0.25, -0.2) is 0 Å². The quantitative estimate of drug-likeness (QED) is 0.338. The van der Waals surface area contributed by atoms with Crippen LogP contribution in [0.15, 0.2) is 0 Å². The summed E-state index contributed by atoms with van der Waals surface area (Å²) in [4.78, 5) is -0.392. The lowest BCUT2D eigenvalue weighted by atomic mass is 9.96. The van der Waals surface area contributed by atoms with E-state index in [1.807, 2.05) is 0 Å². The van der Waals surface area contributed by atoms with Crippen LogP contribution in [0.5, 0.6) is 0 Å². The smallest absolute Gasteiger partial charge is 0.111 e. The fourth-order valence-corrected chi connectivity index (χ4v) is 2.36. The molecule has 0 radical (unpaired) electrons. The van der Waals surface area contributed by atoms with Crippen LogP contribution in [0, 0.1) is 0 Å². The molecule has 4 heteroatoms. The van der Waals surface area contributed by atoms with Gasteiger partial charge in [-0.15, -0.1) is 11.6 Å². The minimum absolute atomic E-state index is 0.324. The van der Waals surface area contributed by atoms with E-state index in [1.54, 1.807) is 4.42 Å². The lowest BCUT2D eigenvalue weighted by Gasteiger charge is -2.34. The van der Waals surface area contributed by atoms with Gasteiger partial charge in [0.05, 0.1) is 6.67 Å². The minimum Gasteiger partial charge on any atom is -0.317 e. The molecular formula is C9H18Cl2N2. The normalized spacial score (nSPS) is 24.0. The van der Waals surface area contributed by atoms with Crippen molar-refractivity contribution in [1.82, 2.24) is 4.42 Å². The number of nitrogens with zero attached hydrogens (tertiary/aromatic N) is 1. The van der Waals surface area contributed by atoms with Gasteiger partial charge < -0.3 is 5.73 Å². The van der Waals surface area contributed by atoms with Gasteiger partial charge in [-0.1, -0.05) is 32.1 Å². The zero-order valence-electron chi connectivity index (χ0n) is 7.94. The Kier molecular flexibility index (Phi) is 4.81. The highest BCUT2D eigenvalue weighted by molar-refractivity contribution is 6.27. The summed E-state index contributed by atoms with van der Waals surface area (Å²) in [6.07, 6.45) is 8.09. The molecule has 78 valence electrons. The number of hydrogen-bond donors (Lipinski definition) is 1. The molecule has 1 aliphatic carbocycles. The van der Waals surface area contributed by atoms with Gasteiger partial charge >= 0.3 is 0 Å².